The number of hydrogen-bond donors (Lipinski definition) is 3. The Labute approximate surface area is 230 Å². The van der Waals surface area contributed by atoms with Crippen molar-refractivity contribution in [3.05, 3.63) is 23.8 Å². The number of ether oxygens (including phenoxy) is 3. The summed E-state index contributed by atoms with van der Waals surface area (Å²) in [6.45, 7) is 13.2. The molecule has 1 aromatic carbocycles. The topological polar surface area (TPSA) is 120 Å². The van der Waals surface area contributed by atoms with Crippen molar-refractivity contribution in [1.82, 2.24) is 5.32 Å². The van der Waals surface area contributed by atoms with Gasteiger partial charge in [-0.3, -0.25) is 9.59 Å². The summed E-state index contributed by atoms with van der Waals surface area (Å²) in [7, 11) is 3.31. The van der Waals surface area contributed by atoms with Crippen molar-refractivity contribution in [1.29, 1.82) is 0 Å². The zero-order valence-corrected chi connectivity index (χ0v) is 24.8. The summed E-state index contributed by atoms with van der Waals surface area (Å²) in [5.74, 6) is 1.34. The summed E-state index contributed by atoms with van der Waals surface area (Å²) < 4.78 is 16.5. The average molecular weight is 537 g/mol. The molecule has 0 radical (unpaired) electrons. The molecule has 2 amide bonds. The van der Waals surface area contributed by atoms with Crippen molar-refractivity contribution >= 4 is 11.8 Å². The van der Waals surface area contributed by atoms with Gasteiger partial charge >= 0.3 is 0 Å². The number of primary amides is 1. The van der Waals surface area contributed by atoms with Crippen molar-refractivity contribution < 1.29 is 28.9 Å². The molecular weight excluding hydrogens is 484 g/mol. The molecule has 0 aliphatic rings. The van der Waals surface area contributed by atoms with Crippen LogP contribution in [-0.4, -0.2) is 57.0 Å². The van der Waals surface area contributed by atoms with Crippen LogP contribution in [0.2, 0.25) is 0 Å². The van der Waals surface area contributed by atoms with E-state index in [1.807, 2.05) is 26.0 Å². The maximum Gasteiger partial charge on any atom is 0.224 e. The zero-order chi connectivity index (χ0) is 28.9. The molecule has 0 saturated carbocycles. The summed E-state index contributed by atoms with van der Waals surface area (Å²) in [6.07, 6.45) is 2.91. The lowest BCUT2D eigenvalue weighted by Crippen LogP contribution is -2.45. The number of hydrogen-bond acceptors (Lipinski definition) is 6. The molecule has 0 fully saturated rings. The van der Waals surface area contributed by atoms with Gasteiger partial charge in [0.05, 0.1) is 25.2 Å². The molecule has 8 heteroatoms. The molecule has 0 aromatic heterocycles. The Morgan fingerprint density at radius 3 is 2.26 bits per heavy atom. The van der Waals surface area contributed by atoms with Crippen molar-refractivity contribution in [3.8, 4) is 11.5 Å². The van der Waals surface area contributed by atoms with E-state index in [0.29, 0.717) is 43.6 Å². The Morgan fingerprint density at radius 2 is 1.71 bits per heavy atom. The quantitative estimate of drug-likeness (QED) is 0.226. The van der Waals surface area contributed by atoms with Crippen LogP contribution < -0.4 is 20.5 Å². The first-order valence-electron chi connectivity index (χ1n) is 13.9. The van der Waals surface area contributed by atoms with Gasteiger partial charge in [0.25, 0.3) is 0 Å². The molecule has 0 aliphatic carbocycles. The van der Waals surface area contributed by atoms with Crippen LogP contribution >= 0.6 is 0 Å². The van der Waals surface area contributed by atoms with Crippen molar-refractivity contribution in [2.24, 2.45) is 34.8 Å². The van der Waals surface area contributed by atoms with E-state index < -0.39 is 17.4 Å². The number of amides is 2. The first-order valence-corrected chi connectivity index (χ1v) is 13.9. The minimum Gasteiger partial charge on any atom is -0.493 e. The number of aliphatic hydroxyl groups excluding tert-OH is 1. The third kappa shape index (κ3) is 11.6. The highest BCUT2D eigenvalue weighted by Crippen LogP contribution is 2.32. The predicted molar refractivity (Wildman–Crippen MR) is 151 cm³/mol. The van der Waals surface area contributed by atoms with Crippen LogP contribution in [0.15, 0.2) is 18.2 Å². The van der Waals surface area contributed by atoms with Crippen LogP contribution in [0.3, 0.4) is 0 Å². The van der Waals surface area contributed by atoms with E-state index in [4.69, 9.17) is 19.9 Å². The molecule has 1 rings (SSSR count). The fourth-order valence-corrected chi connectivity index (χ4v) is 4.35. The predicted octanol–water partition coefficient (Wildman–Crippen LogP) is 4.36. The number of aliphatic hydroxyl groups is 1. The van der Waals surface area contributed by atoms with Crippen LogP contribution in [0, 0.1) is 29.1 Å². The lowest BCUT2D eigenvalue weighted by molar-refractivity contribution is -0.130. The van der Waals surface area contributed by atoms with Crippen LogP contribution in [-0.2, 0) is 20.7 Å². The fourth-order valence-electron chi connectivity index (χ4n) is 4.35. The third-order valence-electron chi connectivity index (χ3n) is 7.33. The second kappa shape index (κ2) is 16.6. The Hall–Kier alpha value is -2.32. The number of nitrogens with one attached hydrogen (secondary N) is 1. The number of benzene rings is 1. The van der Waals surface area contributed by atoms with Crippen molar-refractivity contribution in [3.63, 3.8) is 0 Å². The van der Waals surface area contributed by atoms with Crippen LogP contribution in [0.1, 0.15) is 72.8 Å². The molecule has 0 saturated heterocycles. The smallest absolute Gasteiger partial charge is 0.224 e. The van der Waals surface area contributed by atoms with Gasteiger partial charge in [-0.25, -0.2) is 0 Å². The van der Waals surface area contributed by atoms with Gasteiger partial charge in [-0.1, -0.05) is 33.8 Å². The highest BCUT2D eigenvalue weighted by Gasteiger charge is 2.30. The van der Waals surface area contributed by atoms with Crippen molar-refractivity contribution in [2.75, 3.05) is 34.0 Å². The van der Waals surface area contributed by atoms with Gasteiger partial charge < -0.3 is 30.4 Å². The molecule has 3 atom stereocenters. The lowest BCUT2D eigenvalue weighted by atomic mass is 9.82. The third-order valence-corrected chi connectivity index (χ3v) is 7.33. The first-order chi connectivity index (χ1) is 17.8. The average Bonchev–Trinajstić information content (AvgIpc) is 2.85. The summed E-state index contributed by atoms with van der Waals surface area (Å²) in [4.78, 5) is 24.5. The minimum absolute atomic E-state index is 0.0591. The van der Waals surface area contributed by atoms with E-state index in [0.717, 1.165) is 30.6 Å². The molecular formula is C30H52N2O6. The van der Waals surface area contributed by atoms with Crippen LogP contribution in [0.5, 0.6) is 11.5 Å². The molecule has 218 valence electrons. The summed E-state index contributed by atoms with van der Waals surface area (Å²) in [5.41, 5.74) is 5.77. The summed E-state index contributed by atoms with van der Waals surface area (Å²) in [6, 6.07) is 6.06. The second-order valence-electron chi connectivity index (χ2n) is 11.7. The molecule has 38 heavy (non-hydrogen) atoms. The van der Waals surface area contributed by atoms with Crippen LogP contribution in [0.4, 0.5) is 0 Å². The van der Waals surface area contributed by atoms with E-state index >= 15 is 0 Å². The maximum absolute atomic E-state index is 12.9. The molecule has 4 N–H and O–H groups in total. The highest BCUT2D eigenvalue weighted by molar-refractivity contribution is 5.83. The van der Waals surface area contributed by atoms with Gasteiger partial charge in [0.1, 0.15) is 0 Å². The van der Waals surface area contributed by atoms with Gasteiger partial charge in [-0.15, -0.1) is 0 Å². The number of carbonyl (C=O) groups excluding carboxylic acids is 2. The molecule has 0 bridgehead atoms. The van der Waals surface area contributed by atoms with Crippen molar-refractivity contribution in [2.45, 2.75) is 79.8 Å². The summed E-state index contributed by atoms with van der Waals surface area (Å²) >= 11 is 0. The summed E-state index contributed by atoms with van der Waals surface area (Å²) in [5, 5.41) is 13.7. The minimum atomic E-state index is -0.823. The molecule has 0 heterocycles. The Morgan fingerprint density at radius 1 is 1.03 bits per heavy atom. The highest BCUT2D eigenvalue weighted by atomic mass is 16.5. The van der Waals surface area contributed by atoms with E-state index in [1.165, 1.54) is 0 Å². The number of methoxy groups -OCH3 is 2. The zero-order valence-electron chi connectivity index (χ0n) is 24.8. The van der Waals surface area contributed by atoms with Gasteiger partial charge in [0, 0.05) is 32.6 Å². The number of nitrogens with two attached hydrogens (primary N) is 1. The molecule has 0 aliphatic heterocycles. The number of rotatable bonds is 19. The largest absolute Gasteiger partial charge is 0.493 e. The van der Waals surface area contributed by atoms with E-state index in [-0.39, 0.29) is 24.3 Å². The van der Waals surface area contributed by atoms with Gasteiger partial charge in [-0.2, -0.15) is 0 Å². The second-order valence-corrected chi connectivity index (χ2v) is 11.7. The van der Waals surface area contributed by atoms with E-state index in [9.17, 15) is 14.7 Å². The normalized spacial score (nSPS) is 14.3. The van der Waals surface area contributed by atoms with E-state index in [2.05, 4.69) is 25.2 Å². The monoisotopic (exact) mass is 536 g/mol. The number of carbonyl (C=O) groups is 2. The first kappa shape index (κ1) is 33.7. The molecule has 8 nitrogen and oxygen atoms in total. The Bertz CT molecular complexity index is 855. The fraction of sp³-hybridized carbons (Fsp3) is 0.733. The van der Waals surface area contributed by atoms with Crippen LogP contribution in [0.25, 0.3) is 0 Å². The molecule has 1 aromatic rings. The SMILES string of the molecule is COCCCOc1cc(CC(CC[C@@H](O)C[C@H](C(=O)NCC(C)(C)C(N)=O)C(C)C)C(C)C)ccc1OC. The van der Waals surface area contributed by atoms with Gasteiger partial charge in [0.15, 0.2) is 11.5 Å². The Balaban J connectivity index is 2.77. The van der Waals surface area contributed by atoms with Gasteiger partial charge in [-0.05, 0) is 75.0 Å². The standard InChI is InChI=1S/C30H52N2O6/c1-20(2)23(16-22-10-13-26(37-8)27(17-22)38-15-9-14-36-7)11-12-24(33)18-25(21(3)4)28(34)32-19-30(5,6)29(31)35/h10,13,17,20-21,23-25,33H,9,11-12,14-16,18-19H2,1-8H3,(H2,31,35)(H,32,34)/t23?,24-,25+/m1/s1. The van der Waals surface area contributed by atoms with E-state index in [1.54, 1.807) is 28.1 Å². The molecule has 1 unspecified atom stereocenters. The maximum atomic E-state index is 12.9. The Kier molecular flexibility index (Phi) is 14.7. The van der Waals surface area contributed by atoms with Gasteiger partial charge in [0.2, 0.25) is 11.8 Å². The lowest BCUT2D eigenvalue weighted by Gasteiger charge is -2.27. The molecule has 0 spiro atoms.